The molecular weight excluding hydrogens is 615 g/mol. The van der Waals surface area contributed by atoms with Crippen molar-refractivity contribution in [2.24, 2.45) is 0 Å². The number of hydrogen-bond acceptors (Lipinski definition) is 3. The predicted octanol–water partition coefficient (Wildman–Crippen LogP) is 11.2. The van der Waals surface area contributed by atoms with Gasteiger partial charge in [-0.15, -0.1) is 0 Å². The number of nitrogens with zero attached hydrogens (tertiary/aromatic N) is 3. The normalized spacial score (nSPS) is 15.8. The van der Waals surface area contributed by atoms with Crippen LogP contribution in [0.4, 0.5) is 0 Å². The maximum Gasteiger partial charge on any atom is 0.161 e. The van der Waals surface area contributed by atoms with E-state index in [9.17, 15) is 0 Å². The molecule has 0 bridgehead atoms. The second-order valence-corrected chi connectivity index (χ2v) is 13.9. The number of fused-ring (bicyclic) bond motifs is 12. The van der Waals surface area contributed by atoms with Crippen LogP contribution in [0.3, 0.4) is 0 Å². The van der Waals surface area contributed by atoms with E-state index >= 15 is 0 Å². The number of para-hydroxylation sites is 4. The Bertz CT molecular complexity index is 2820. The highest BCUT2D eigenvalue weighted by atomic mass is 32.2. The fourth-order valence-corrected chi connectivity index (χ4v) is 9.83. The molecule has 0 radical (unpaired) electrons. The van der Waals surface area contributed by atoms with E-state index in [2.05, 4.69) is 168 Å². The molecule has 0 fully saturated rings. The smallest absolute Gasteiger partial charge is 0.161 e. The van der Waals surface area contributed by atoms with Crippen LogP contribution in [0.5, 0.6) is 0 Å². The van der Waals surface area contributed by atoms with Crippen molar-refractivity contribution in [2.45, 2.75) is 15.2 Å². The molecule has 49 heavy (non-hydrogen) atoms. The van der Waals surface area contributed by atoms with Crippen LogP contribution in [0.1, 0.15) is 22.3 Å². The zero-order valence-electron chi connectivity index (χ0n) is 26.3. The van der Waals surface area contributed by atoms with Gasteiger partial charge in [-0.05, 0) is 46.5 Å². The van der Waals surface area contributed by atoms with Crippen LogP contribution in [-0.2, 0) is 5.41 Å². The second kappa shape index (κ2) is 10.0. The molecular formula is C45H27N3S. The van der Waals surface area contributed by atoms with Crippen molar-refractivity contribution in [1.29, 1.82) is 0 Å². The maximum absolute atomic E-state index is 5.36. The van der Waals surface area contributed by atoms with E-state index < -0.39 is 5.41 Å². The van der Waals surface area contributed by atoms with Crippen molar-refractivity contribution < 1.29 is 0 Å². The molecule has 0 aliphatic carbocycles. The van der Waals surface area contributed by atoms with Crippen molar-refractivity contribution in [1.82, 2.24) is 14.5 Å². The first-order valence-corrected chi connectivity index (χ1v) is 17.5. The van der Waals surface area contributed by atoms with Crippen LogP contribution in [0.15, 0.2) is 174 Å². The molecule has 2 aliphatic rings. The Balaban J connectivity index is 1.28. The third kappa shape index (κ3) is 3.53. The molecule has 1 unspecified atom stereocenters. The third-order valence-corrected chi connectivity index (χ3v) is 11.7. The topological polar surface area (TPSA) is 30.7 Å². The lowest BCUT2D eigenvalue weighted by atomic mass is 9.62. The minimum absolute atomic E-state index is 0.549. The molecule has 2 aromatic heterocycles. The summed E-state index contributed by atoms with van der Waals surface area (Å²) < 4.78 is 2.49. The van der Waals surface area contributed by atoms with Gasteiger partial charge in [-0.3, -0.25) is 0 Å². The van der Waals surface area contributed by atoms with Crippen LogP contribution < -0.4 is 0 Å². The highest BCUT2D eigenvalue weighted by molar-refractivity contribution is 7.99. The number of aromatic nitrogens is 3. The lowest BCUT2D eigenvalue weighted by Crippen LogP contribution is -2.37. The molecule has 2 aliphatic heterocycles. The van der Waals surface area contributed by atoms with E-state index in [1.165, 1.54) is 59.5 Å². The molecule has 228 valence electrons. The Morgan fingerprint density at radius 2 is 1.16 bits per heavy atom. The lowest BCUT2D eigenvalue weighted by molar-refractivity contribution is 0.690. The van der Waals surface area contributed by atoms with Crippen molar-refractivity contribution in [3.05, 3.63) is 186 Å². The molecule has 4 heterocycles. The fraction of sp³-hybridized carbons (Fsp3) is 0.0222. The average molecular weight is 642 g/mol. The van der Waals surface area contributed by atoms with Gasteiger partial charge in [0.2, 0.25) is 0 Å². The Kier molecular flexibility index (Phi) is 5.53. The Morgan fingerprint density at radius 3 is 2.08 bits per heavy atom. The summed E-state index contributed by atoms with van der Waals surface area (Å²) in [5.41, 5.74) is 12.4. The molecule has 0 saturated heterocycles. The van der Waals surface area contributed by atoms with Crippen molar-refractivity contribution >= 4 is 44.5 Å². The van der Waals surface area contributed by atoms with E-state index in [0.29, 0.717) is 0 Å². The van der Waals surface area contributed by atoms with Crippen molar-refractivity contribution in [3.63, 3.8) is 0 Å². The summed E-state index contributed by atoms with van der Waals surface area (Å²) in [5.74, 6) is 0.743. The van der Waals surface area contributed by atoms with Crippen LogP contribution in [0.2, 0.25) is 0 Å². The van der Waals surface area contributed by atoms with Gasteiger partial charge in [0.15, 0.2) is 5.82 Å². The van der Waals surface area contributed by atoms with Crippen LogP contribution in [-0.4, -0.2) is 14.5 Å². The molecule has 11 rings (SSSR count). The minimum Gasteiger partial charge on any atom is -0.309 e. The van der Waals surface area contributed by atoms with Crippen molar-refractivity contribution in [3.8, 4) is 28.3 Å². The maximum atomic E-state index is 5.36. The number of benzene rings is 7. The van der Waals surface area contributed by atoms with Crippen molar-refractivity contribution in [2.75, 3.05) is 0 Å². The molecule has 1 spiro atoms. The van der Waals surface area contributed by atoms with Gasteiger partial charge in [-0.1, -0.05) is 151 Å². The minimum atomic E-state index is -0.549. The fourth-order valence-electron chi connectivity index (χ4n) is 8.53. The standard InChI is InChI=1S/C45H27N3S/c1-2-14-28(15-3-1)41-31-17-4-8-24-37(31)46-44(47-41)32-19-13-23-36-43(32)49-40-27-11-7-21-34(40)45(36)33-20-6-10-26-39(33)48-38-25-9-5-16-29(38)30-18-12-22-35(45)42(30)48/h1-27H. The summed E-state index contributed by atoms with van der Waals surface area (Å²) in [6.07, 6.45) is 0. The summed E-state index contributed by atoms with van der Waals surface area (Å²) in [5, 5.41) is 3.61. The van der Waals surface area contributed by atoms with Crippen LogP contribution >= 0.6 is 11.8 Å². The SMILES string of the molecule is c1ccc(-c2nc(-c3cccc4c3Sc3ccccc3C43c4ccccc4-n4c5ccccc5c5cccc3c54)nc3ccccc23)cc1. The average Bonchev–Trinajstić information content (AvgIpc) is 3.51. The Labute approximate surface area is 287 Å². The number of rotatable bonds is 2. The summed E-state index contributed by atoms with van der Waals surface area (Å²) in [4.78, 5) is 13.1. The molecule has 4 heteroatoms. The van der Waals surface area contributed by atoms with Gasteiger partial charge in [-0.2, -0.15) is 0 Å². The molecule has 1 atom stereocenters. The molecule has 3 nitrogen and oxygen atoms in total. The third-order valence-electron chi connectivity index (χ3n) is 10.5. The van der Waals surface area contributed by atoms with Crippen LogP contribution in [0.25, 0.3) is 61.0 Å². The Hall–Kier alpha value is -5.97. The molecule has 0 amide bonds. The van der Waals surface area contributed by atoms with E-state index in [4.69, 9.17) is 9.97 Å². The summed E-state index contributed by atoms with van der Waals surface area (Å²) in [6.45, 7) is 0. The first-order chi connectivity index (χ1) is 24.3. The van der Waals surface area contributed by atoms with Gasteiger partial charge in [-0.25, -0.2) is 9.97 Å². The zero-order valence-corrected chi connectivity index (χ0v) is 27.2. The molecule has 9 aromatic rings. The second-order valence-electron chi connectivity index (χ2n) is 12.9. The first kappa shape index (κ1) is 27.0. The van der Waals surface area contributed by atoms with Gasteiger partial charge in [0.1, 0.15) is 0 Å². The summed E-state index contributed by atoms with van der Waals surface area (Å²) in [6, 6.07) is 59.3. The molecule has 0 saturated carbocycles. The van der Waals surface area contributed by atoms with Gasteiger partial charge in [0.05, 0.1) is 33.3 Å². The first-order valence-electron chi connectivity index (χ1n) is 16.7. The molecule has 0 N–H and O–H groups in total. The molecule has 7 aromatic carbocycles. The highest BCUT2D eigenvalue weighted by Gasteiger charge is 2.49. The monoisotopic (exact) mass is 641 g/mol. The lowest BCUT2D eigenvalue weighted by Gasteiger charge is -2.45. The van der Waals surface area contributed by atoms with Gasteiger partial charge in [0.25, 0.3) is 0 Å². The summed E-state index contributed by atoms with van der Waals surface area (Å²) >= 11 is 1.84. The van der Waals surface area contributed by atoms with Gasteiger partial charge >= 0.3 is 0 Å². The van der Waals surface area contributed by atoms with Crippen LogP contribution in [0, 0.1) is 0 Å². The predicted molar refractivity (Wildman–Crippen MR) is 201 cm³/mol. The highest BCUT2D eigenvalue weighted by Crippen LogP contribution is 2.61. The van der Waals surface area contributed by atoms with Gasteiger partial charge < -0.3 is 4.57 Å². The summed E-state index contributed by atoms with van der Waals surface area (Å²) in [7, 11) is 0. The Morgan fingerprint density at radius 1 is 0.490 bits per heavy atom. The van der Waals surface area contributed by atoms with E-state index in [-0.39, 0.29) is 0 Å². The van der Waals surface area contributed by atoms with E-state index in [0.717, 1.165) is 33.5 Å². The van der Waals surface area contributed by atoms with Gasteiger partial charge in [0, 0.05) is 37.1 Å². The quantitative estimate of drug-likeness (QED) is 0.188. The largest absolute Gasteiger partial charge is 0.309 e. The van der Waals surface area contributed by atoms with E-state index in [1.54, 1.807) is 0 Å². The van der Waals surface area contributed by atoms with E-state index in [1.807, 2.05) is 11.8 Å². The zero-order chi connectivity index (χ0) is 32.1. The number of hydrogen-bond donors (Lipinski definition) is 0.